The number of rotatable bonds is 1. The second-order valence-corrected chi connectivity index (χ2v) is 12.1. The molecule has 0 N–H and O–H groups in total. The predicted octanol–water partition coefficient (Wildman–Crippen LogP) is 5.06. The van der Waals surface area contributed by atoms with E-state index >= 15 is 0 Å². The van der Waals surface area contributed by atoms with E-state index in [1.165, 1.54) is 0 Å². The monoisotopic (exact) mass is 429 g/mol. The molecule has 1 fully saturated rings. The molecule has 1 aliphatic heterocycles. The van der Waals surface area contributed by atoms with E-state index in [9.17, 15) is 9.00 Å². The number of hydrogen-bond donors (Lipinski definition) is 0. The van der Waals surface area contributed by atoms with Crippen molar-refractivity contribution in [2.45, 2.75) is 71.2 Å². The number of carbonyl (C=O) groups is 1. The van der Waals surface area contributed by atoms with E-state index in [-0.39, 0.29) is 11.5 Å². The van der Waals surface area contributed by atoms with Crippen LogP contribution in [-0.2, 0) is 22.1 Å². The molecule has 1 spiro atoms. The van der Waals surface area contributed by atoms with Gasteiger partial charge >= 0.3 is 6.09 Å². The van der Waals surface area contributed by atoms with E-state index in [2.05, 4.69) is 4.85 Å². The van der Waals surface area contributed by atoms with E-state index in [1.54, 1.807) is 11.0 Å². The molecule has 1 aromatic rings. The lowest BCUT2D eigenvalue weighted by atomic mass is 9.74. The second-order valence-electron chi connectivity index (χ2n) is 10.1. The highest BCUT2D eigenvalue weighted by Gasteiger charge is 2.47. The van der Waals surface area contributed by atoms with Gasteiger partial charge in [0.2, 0.25) is 0 Å². The lowest BCUT2D eigenvalue weighted by Crippen LogP contribution is -2.47. The zero-order chi connectivity index (χ0) is 22.3. The summed E-state index contributed by atoms with van der Waals surface area (Å²) in [5, 5.41) is 0. The minimum absolute atomic E-state index is 0.300. The smallest absolute Gasteiger partial charge is 0.410 e. The van der Waals surface area contributed by atoms with Gasteiger partial charge in [0, 0.05) is 24.1 Å². The molecule has 0 radical (unpaired) electrons. The SMILES string of the molecule is [C-]#[N+]c1cccc2c1/C(=N/[S@](=O)C(C)(C)C)C1(CCN(C(=O)OC(C)(C)C)CC1)C2. The zero-order valence-electron chi connectivity index (χ0n) is 18.7. The van der Waals surface area contributed by atoms with Gasteiger partial charge in [-0.25, -0.2) is 13.8 Å². The van der Waals surface area contributed by atoms with Crippen LogP contribution < -0.4 is 0 Å². The van der Waals surface area contributed by atoms with Crippen LogP contribution in [0, 0.1) is 12.0 Å². The number of carbonyl (C=O) groups excluding carboxylic acids is 1. The zero-order valence-corrected chi connectivity index (χ0v) is 19.6. The van der Waals surface area contributed by atoms with Gasteiger partial charge in [0.1, 0.15) is 16.6 Å². The molecule has 30 heavy (non-hydrogen) atoms. The van der Waals surface area contributed by atoms with Gasteiger partial charge in [-0.3, -0.25) is 0 Å². The third-order valence-electron chi connectivity index (χ3n) is 5.59. The first-order valence-corrected chi connectivity index (χ1v) is 11.5. The van der Waals surface area contributed by atoms with Gasteiger partial charge in [0.05, 0.1) is 17.0 Å². The Balaban J connectivity index is 1.95. The van der Waals surface area contributed by atoms with Crippen LogP contribution in [0.1, 0.15) is 65.5 Å². The average molecular weight is 430 g/mol. The highest BCUT2D eigenvalue weighted by molar-refractivity contribution is 7.85. The van der Waals surface area contributed by atoms with Crippen molar-refractivity contribution in [2.75, 3.05) is 13.1 Å². The Morgan fingerprint density at radius 2 is 1.83 bits per heavy atom. The van der Waals surface area contributed by atoms with Crippen LogP contribution in [0.5, 0.6) is 0 Å². The van der Waals surface area contributed by atoms with Crippen LogP contribution in [0.25, 0.3) is 4.85 Å². The molecule has 0 bridgehead atoms. The standard InChI is InChI=1S/C23H31N3O3S/c1-21(2,3)29-20(27)26-13-11-23(12-14-26)15-16-9-8-10-17(24-7)18(16)19(23)25-30(28)22(4,5)6/h8-10H,11-15H2,1-6H3/b25-19-/t30-/m1/s1. The minimum Gasteiger partial charge on any atom is -0.444 e. The summed E-state index contributed by atoms with van der Waals surface area (Å²) in [7, 11) is -1.42. The first kappa shape index (κ1) is 22.5. The van der Waals surface area contributed by atoms with E-state index in [0.717, 1.165) is 23.3 Å². The largest absolute Gasteiger partial charge is 0.444 e. The topological polar surface area (TPSA) is 63.3 Å². The first-order valence-electron chi connectivity index (χ1n) is 10.4. The molecule has 1 saturated heterocycles. The molecular formula is C23H31N3O3S. The fraction of sp³-hybridized carbons (Fsp3) is 0.609. The van der Waals surface area contributed by atoms with Crippen molar-refractivity contribution in [1.29, 1.82) is 0 Å². The number of benzene rings is 1. The fourth-order valence-electron chi connectivity index (χ4n) is 4.03. The van der Waals surface area contributed by atoms with Gasteiger partial charge in [0.15, 0.2) is 5.69 Å². The van der Waals surface area contributed by atoms with Crippen LogP contribution in [-0.4, -0.2) is 44.4 Å². The summed E-state index contributed by atoms with van der Waals surface area (Å²) in [6.45, 7) is 20.0. The highest BCUT2D eigenvalue weighted by atomic mass is 32.2. The molecule has 3 rings (SSSR count). The Labute approximate surface area is 182 Å². The first-order chi connectivity index (χ1) is 13.9. The summed E-state index contributed by atoms with van der Waals surface area (Å²) in [4.78, 5) is 18.0. The average Bonchev–Trinajstić information content (AvgIpc) is 2.93. The molecule has 0 aromatic heterocycles. The summed E-state index contributed by atoms with van der Waals surface area (Å²) >= 11 is 0. The van der Waals surface area contributed by atoms with Crippen LogP contribution in [0.3, 0.4) is 0 Å². The van der Waals surface area contributed by atoms with E-state index in [4.69, 9.17) is 15.7 Å². The minimum atomic E-state index is -1.42. The van der Waals surface area contributed by atoms with Crippen molar-refractivity contribution >= 4 is 28.5 Å². The van der Waals surface area contributed by atoms with Gasteiger partial charge in [-0.2, -0.15) is 4.40 Å². The summed E-state index contributed by atoms with van der Waals surface area (Å²) < 4.78 is 22.7. The number of piperidine rings is 1. The van der Waals surface area contributed by atoms with E-state index in [0.29, 0.717) is 31.6 Å². The van der Waals surface area contributed by atoms with Crippen LogP contribution in [0.2, 0.25) is 0 Å². The molecule has 1 aliphatic carbocycles. The number of ether oxygens (including phenoxy) is 1. The van der Waals surface area contributed by atoms with Gasteiger partial charge in [-0.1, -0.05) is 18.2 Å². The molecule has 6 nitrogen and oxygen atoms in total. The van der Waals surface area contributed by atoms with Gasteiger partial charge in [-0.15, -0.1) is 0 Å². The van der Waals surface area contributed by atoms with Crippen molar-refractivity contribution in [2.24, 2.45) is 9.81 Å². The molecule has 2 aliphatic rings. The number of fused-ring (bicyclic) bond motifs is 1. The Kier molecular flexibility index (Phi) is 5.85. The third kappa shape index (κ3) is 4.44. The normalized spacial score (nSPS) is 20.7. The highest BCUT2D eigenvalue weighted by Crippen LogP contribution is 2.48. The van der Waals surface area contributed by atoms with Crippen molar-refractivity contribution in [3.05, 3.63) is 40.7 Å². The fourth-order valence-corrected chi connectivity index (χ4v) is 4.76. The molecule has 162 valence electrons. The second kappa shape index (κ2) is 7.81. The molecule has 1 heterocycles. The van der Waals surface area contributed by atoms with E-state index in [1.807, 2.05) is 53.7 Å². The van der Waals surface area contributed by atoms with Crippen LogP contribution in [0.4, 0.5) is 10.5 Å². The summed E-state index contributed by atoms with van der Waals surface area (Å²) in [6, 6.07) is 5.74. The Bertz CT molecular complexity index is 940. The maximum Gasteiger partial charge on any atom is 0.410 e. The van der Waals surface area contributed by atoms with Gasteiger partial charge < -0.3 is 9.64 Å². The number of nitrogens with zero attached hydrogens (tertiary/aromatic N) is 3. The summed E-state index contributed by atoms with van der Waals surface area (Å²) in [5.41, 5.74) is 2.43. The predicted molar refractivity (Wildman–Crippen MR) is 120 cm³/mol. The molecule has 1 atom stereocenters. The van der Waals surface area contributed by atoms with Crippen molar-refractivity contribution in [1.82, 2.24) is 4.90 Å². The van der Waals surface area contributed by atoms with Crippen molar-refractivity contribution < 1.29 is 13.7 Å². The number of likely N-dealkylation sites (tertiary alicyclic amines) is 1. The van der Waals surface area contributed by atoms with Crippen molar-refractivity contribution in [3.63, 3.8) is 0 Å². The Hall–Kier alpha value is -2.20. The third-order valence-corrected chi connectivity index (χ3v) is 6.98. The van der Waals surface area contributed by atoms with Crippen LogP contribution in [0.15, 0.2) is 22.6 Å². The van der Waals surface area contributed by atoms with E-state index < -0.39 is 21.3 Å². The summed E-state index contributed by atoms with van der Waals surface area (Å²) in [6.07, 6.45) is 1.87. The maximum atomic E-state index is 12.9. The lowest BCUT2D eigenvalue weighted by Gasteiger charge is -2.40. The molecule has 1 aromatic carbocycles. The number of amides is 1. The number of hydrogen-bond acceptors (Lipinski definition) is 3. The van der Waals surface area contributed by atoms with Crippen molar-refractivity contribution in [3.8, 4) is 0 Å². The Morgan fingerprint density at radius 3 is 2.37 bits per heavy atom. The summed E-state index contributed by atoms with van der Waals surface area (Å²) in [5.74, 6) is 0. The molecule has 1 amide bonds. The molecule has 0 unspecified atom stereocenters. The molecule has 7 heteroatoms. The molecular weight excluding hydrogens is 398 g/mol. The Morgan fingerprint density at radius 1 is 1.20 bits per heavy atom. The lowest BCUT2D eigenvalue weighted by molar-refractivity contribution is 0.0159. The van der Waals surface area contributed by atoms with Crippen LogP contribution >= 0.6 is 0 Å². The quantitative estimate of drug-likeness (QED) is 0.586. The molecule has 0 saturated carbocycles. The van der Waals surface area contributed by atoms with Gasteiger partial charge in [0.25, 0.3) is 0 Å². The van der Waals surface area contributed by atoms with Gasteiger partial charge in [-0.05, 0) is 66.4 Å². The maximum absolute atomic E-state index is 12.9.